The monoisotopic (exact) mass is 376 g/mol. The molecule has 0 bridgehead atoms. The van der Waals surface area contributed by atoms with Crippen molar-refractivity contribution in [3.05, 3.63) is 100 Å². The predicted molar refractivity (Wildman–Crippen MR) is 129 cm³/mol. The van der Waals surface area contributed by atoms with Gasteiger partial charge in [-0.25, -0.2) is 0 Å². The average Bonchev–Trinajstić information content (AvgIpc) is 2.86. The standard InChI is InChI=1S/C28H29B/c1-18-14-20(3)27(21(4)15-18)29(28-22(5)16-19(2)17-23(28)6)26-13-12-24-10-8-7-9-11-25(24)26/h7-17H,1-6H3. The molecule has 0 heterocycles. The maximum absolute atomic E-state index is 2.34. The minimum absolute atomic E-state index is 0.232. The number of benzene rings is 2. The molecule has 0 nitrogen and oxygen atoms in total. The summed E-state index contributed by atoms with van der Waals surface area (Å²) in [6.45, 7) is 13.7. The van der Waals surface area contributed by atoms with Crippen molar-refractivity contribution in [1.29, 1.82) is 0 Å². The molecule has 0 atom stereocenters. The van der Waals surface area contributed by atoms with E-state index in [0.717, 1.165) is 0 Å². The third kappa shape index (κ3) is 3.51. The van der Waals surface area contributed by atoms with E-state index in [1.165, 1.54) is 60.9 Å². The topological polar surface area (TPSA) is 0 Å². The van der Waals surface area contributed by atoms with Gasteiger partial charge >= 0.3 is 0 Å². The van der Waals surface area contributed by atoms with Gasteiger partial charge in [0, 0.05) is 0 Å². The molecule has 2 aliphatic carbocycles. The molecule has 4 rings (SSSR count). The fourth-order valence-electron chi connectivity index (χ4n) is 5.24. The smallest absolute Gasteiger partial charge is 0.0657 e. The first-order chi connectivity index (χ1) is 13.9. The summed E-state index contributed by atoms with van der Waals surface area (Å²) < 4.78 is 0. The molecule has 2 aromatic carbocycles. The molecule has 0 saturated carbocycles. The third-order valence-corrected chi connectivity index (χ3v) is 6.19. The quantitative estimate of drug-likeness (QED) is 0.434. The van der Waals surface area contributed by atoms with Gasteiger partial charge in [-0.2, -0.15) is 0 Å². The van der Waals surface area contributed by atoms with Crippen LogP contribution >= 0.6 is 0 Å². The van der Waals surface area contributed by atoms with Gasteiger partial charge in [0.1, 0.15) is 0 Å². The number of rotatable bonds is 3. The Hall–Kier alpha value is -2.80. The zero-order valence-electron chi connectivity index (χ0n) is 18.4. The zero-order chi connectivity index (χ0) is 20.7. The molecule has 0 fully saturated rings. The van der Waals surface area contributed by atoms with Gasteiger partial charge in [-0.05, 0) is 52.7 Å². The van der Waals surface area contributed by atoms with Gasteiger partial charge in [-0.15, -0.1) is 0 Å². The maximum atomic E-state index is 2.34. The van der Waals surface area contributed by atoms with Crippen LogP contribution in [0.5, 0.6) is 0 Å². The molecule has 2 aliphatic rings. The van der Waals surface area contributed by atoms with Crippen molar-refractivity contribution < 1.29 is 0 Å². The second-order valence-electron chi connectivity index (χ2n) is 8.63. The first-order valence-electron chi connectivity index (χ1n) is 10.5. The van der Waals surface area contributed by atoms with Crippen LogP contribution in [0, 0.1) is 41.5 Å². The molecule has 1 heteroatoms. The van der Waals surface area contributed by atoms with E-state index in [0.29, 0.717) is 0 Å². The van der Waals surface area contributed by atoms with Gasteiger partial charge in [0.2, 0.25) is 6.71 Å². The van der Waals surface area contributed by atoms with E-state index in [4.69, 9.17) is 0 Å². The SMILES string of the molecule is Cc1cc(C)c(B(c2ccc3cccccc2-3)c2c(C)cc(C)cc2C)c(C)c1. The molecule has 0 aliphatic heterocycles. The first kappa shape index (κ1) is 19.5. The lowest BCUT2D eigenvalue weighted by Gasteiger charge is -2.24. The van der Waals surface area contributed by atoms with Crippen LogP contribution in [0.3, 0.4) is 0 Å². The molecule has 0 radical (unpaired) electrons. The highest BCUT2D eigenvalue weighted by atomic mass is 14.1. The fraction of sp³-hybridized carbons (Fsp3) is 0.214. The summed E-state index contributed by atoms with van der Waals surface area (Å²) in [6.07, 6.45) is 0. The second kappa shape index (κ2) is 7.56. The molecule has 2 aromatic rings. The molecule has 0 unspecified atom stereocenters. The highest BCUT2D eigenvalue weighted by Crippen LogP contribution is 2.22. The lowest BCUT2D eigenvalue weighted by Crippen LogP contribution is -2.55. The molecular formula is C28H29B. The van der Waals surface area contributed by atoms with Crippen LogP contribution in [-0.4, -0.2) is 6.71 Å². The summed E-state index contributed by atoms with van der Waals surface area (Å²) >= 11 is 0. The van der Waals surface area contributed by atoms with E-state index in [1.807, 2.05) is 0 Å². The predicted octanol–water partition coefficient (Wildman–Crippen LogP) is 5.16. The number of fused-ring (bicyclic) bond motifs is 1. The number of hydrogen-bond acceptors (Lipinski definition) is 0. The van der Waals surface area contributed by atoms with Gasteiger partial charge in [0.25, 0.3) is 0 Å². The zero-order valence-corrected chi connectivity index (χ0v) is 18.4. The number of aryl methyl sites for hydroxylation is 6. The Kier molecular flexibility index (Phi) is 5.09. The molecule has 0 spiro atoms. The largest absolute Gasteiger partial charge is 0.243 e. The van der Waals surface area contributed by atoms with Crippen LogP contribution in [0.4, 0.5) is 0 Å². The van der Waals surface area contributed by atoms with Crippen molar-refractivity contribution in [2.75, 3.05) is 0 Å². The Morgan fingerprint density at radius 3 is 1.52 bits per heavy atom. The van der Waals surface area contributed by atoms with E-state index in [2.05, 4.69) is 108 Å². The van der Waals surface area contributed by atoms with Gasteiger partial charge < -0.3 is 0 Å². The lowest BCUT2D eigenvalue weighted by atomic mass is 9.34. The highest BCUT2D eigenvalue weighted by molar-refractivity contribution is 6.97. The molecule has 0 aromatic heterocycles. The van der Waals surface area contributed by atoms with E-state index in [9.17, 15) is 0 Å². The Morgan fingerprint density at radius 2 is 1.00 bits per heavy atom. The van der Waals surface area contributed by atoms with Crippen LogP contribution < -0.4 is 16.4 Å². The minimum atomic E-state index is 0.232. The molecule has 0 amide bonds. The number of hydrogen-bond donors (Lipinski definition) is 0. The molecule has 0 N–H and O–H groups in total. The summed E-state index contributed by atoms with van der Waals surface area (Å²) in [7, 11) is 0. The Labute approximate surface area is 176 Å². The van der Waals surface area contributed by atoms with Gasteiger partial charge in [0.05, 0.1) is 0 Å². The lowest BCUT2D eigenvalue weighted by molar-refractivity contribution is 1.34. The van der Waals surface area contributed by atoms with Crippen LogP contribution in [-0.2, 0) is 0 Å². The van der Waals surface area contributed by atoms with Crippen molar-refractivity contribution in [3.63, 3.8) is 0 Å². The van der Waals surface area contributed by atoms with Crippen molar-refractivity contribution in [2.45, 2.75) is 41.5 Å². The van der Waals surface area contributed by atoms with Gasteiger partial charge in [0.15, 0.2) is 0 Å². The Bertz CT molecular complexity index is 1060. The van der Waals surface area contributed by atoms with E-state index < -0.39 is 0 Å². The minimum Gasteiger partial charge on any atom is -0.0657 e. The van der Waals surface area contributed by atoms with E-state index in [-0.39, 0.29) is 6.71 Å². The summed E-state index contributed by atoms with van der Waals surface area (Å²) in [4.78, 5) is 0. The summed E-state index contributed by atoms with van der Waals surface area (Å²) in [5.74, 6) is 0. The van der Waals surface area contributed by atoms with Gasteiger partial charge in [-0.3, -0.25) is 0 Å². The Balaban J connectivity index is 2.07. The van der Waals surface area contributed by atoms with Crippen LogP contribution in [0.25, 0.3) is 11.1 Å². The summed E-state index contributed by atoms with van der Waals surface area (Å²) in [6, 6.07) is 24.8. The van der Waals surface area contributed by atoms with Crippen molar-refractivity contribution in [1.82, 2.24) is 0 Å². The average molecular weight is 376 g/mol. The second-order valence-corrected chi connectivity index (χ2v) is 8.63. The highest BCUT2D eigenvalue weighted by Gasteiger charge is 2.31. The van der Waals surface area contributed by atoms with E-state index in [1.54, 1.807) is 0 Å². The van der Waals surface area contributed by atoms with Crippen LogP contribution in [0.1, 0.15) is 33.4 Å². The van der Waals surface area contributed by atoms with Crippen LogP contribution in [0.2, 0.25) is 0 Å². The molecule has 144 valence electrons. The third-order valence-electron chi connectivity index (χ3n) is 6.19. The molecule has 0 saturated heterocycles. The molecular weight excluding hydrogens is 347 g/mol. The first-order valence-corrected chi connectivity index (χ1v) is 10.5. The van der Waals surface area contributed by atoms with Crippen molar-refractivity contribution in [2.24, 2.45) is 0 Å². The van der Waals surface area contributed by atoms with Gasteiger partial charge in [-0.1, -0.05) is 116 Å². The fourth-order valence-corrected chi connectivity index (χ4v) is 5.24. The van der Waals surface area contributed by atoms with Crippen LogP contribution in [0.15, 0.2) is 66.7 Å². The summed E-state index contributed by atoms with van der Waals surface area (Å²) in [5.41, 5.74) is 15.1. The van der Waals surface area contributed by atoms with Crippen molar-refractivity contribution in [3.8, 4) is 11.1 Å². The van der Waals surface area contributed by atoms with Crippen molar-refractivity contribution >= 4 is 23.1 Å². The van der Waals surface area contributed by atoms with E-state index >= 15 is 0 Å². The maximum Gasteiger partial charge on any atom is 0.243 e. The summed E-state index contributed by atoms with van der Waals surface area (Å²) in [5, 5.41) is 0. The molecule has 29 heavy (non-hydrogen) atoms. The Morgan fingerprint density at radius 1 is 0.517 bits per heavy atom. The normalized spacial score (nSPS) is 11.1.